The summed E-state index contributed by atoms with van der Waals surface area (Å²) in [5.74, 6) is 0.415. The SMILES string of the molecule is Cc1ccc(C(C)n2cncc2C(N)C(C)C)s1. The van der Waals surface area contributed by atoms with Crippen molar-refractivity contribution in [3.63, 3.8) is 0 Å². The van der Waals surface area contributed by atoms with Gasteiger partial charge in [0.15, 0.2) is 0 Å². The van der Waals surface area contributed by atoms with Gasteiger partial charge in [-0.15, -0.1) is 11.3 Å². The number of thiophene rings is 1. The van der Waals surface area contributed by atoms with Crippen LogP contribution in [0.2, 0.25) is 0 Å². The first kappa shape index (κ1) is 13.3. The highest BCUT2D eigenvalue weighted by Crippen LogP contribution is 2.29. The van der Waals surface area contributed by atoms with Gasteiger partial charge in [-0.05, 0) is 31.9 Å². The van der Waals surface area contributed by atoms with Gasteiger partial charge in [-0.25, -0.2) is 4.98 Å². The van der Waals surface area contributed by atoms with Gasteiger partial charge in [0.05, 0.1) is 18.1 Å². The lowest BCUT2D eigenvalue weighted by molar-refractivity contribution is 0.469. The van der Waals surface area contributed by atoms with Gasteiger partial charge in [-0.3, -0.25) is 0 Å². The van der Waals surface area contributed by atoms with Crippen LogP contribution in [0.15, 0.2) is 24.7 Å². The maximum Gasteiger partial charge on any atom is 0.0954 e. The lowest BCUT2D eigenvalue weighted by atomic mass is 10.0. The molecule has 2 heterocycles. The molecule has 18 heavy (non-hydrogen) atoms. The Bertz CT molecular complexity index is 513. The maximum absolute atomic E-state index is 6.25. The molecule has 4 heteroatoms. The Morgan fingerprint density at radius 3 is 2.56 bits per heavy atom. The van der Waals surface area contributed by atoms with E-state index in [9.17, 15) is 0 Å². The molecule has 0 spiro atoms. The minimum Gasteiger partial charge on any atom is -0.325 e. The standard InChI is InChI=1S/C14H21N3S/c1-9(2)14(15)12-7-16-8-17(12)11(4)13-6-5-10(3)18-13/h5-9,11,14H,15H2,1-4H3. The first-order valence-corrected chi connectivity index (χ1v) is 7.16. The second-order valence-corrected chi connectivity index (χ2v) is 6.44. The summed E-state index contributed by atoms with van der Waals surface area (Å²) in [6.45, 7) is 8.61. The Kier molecular flexibility index (Phi) is 3.88. The fraction of sp³-hybridized carbons (Fsp3) is 0.500. The molecule has 0 bridgehead atoms. The van der Waals surface area contributed by atoms with Crippen LogP contribution >= 0.6 is 11.3 Å². The van der Waals surface area contributed by atoms with Crippen molar-refractivity contribution in [2.24, 2.45) is 11.7 Å². The number of imidazole rings is 1. The molecule has 0 aliphatic rings. The molecule has 2 N–H and O–H groups in total. The van der Waals surface area contributed by atoms with Gasteiger partial charge in [-0.1, -0.05) is 13.8 Å². The van der Waals surface area contributed by atoms with E-state index in [1.54, 1.807) is 0 Å². The Morgan fingerprint density at radius 2 is 2.00 bits per heavy atom. The lowest BCUT2D eigenvalue weighted by Crippen LogP contribution is -2.21. The summed E-state index contributed by atoms with van der Waals surface area (Å²) < 4.78 is 2.19. The molecule has 2 aromatic rings. The van der Waals surface area contributed by atoms with Crippen LogP contribution in [0.3, 0.4) is 0 Å². The van der Waals surface area contributed by atoms with Crippen LogP contribution in [0.25, 0.3) is 0 Å². The van der Waals surface area contributed by atoms with Crippen LogP contribution in [0.1, 0.15) is 48.3 Å². The second-order valence-electron chi connectivity index (χ2n) is 5.12. The maximum atomic E-state index is 6.25. The fourth-order valence-corrected chi connectivity index (χ4v) is 2.98. The topological polar surface area (TPSA) is 43.8 Å². The minimum absolute atomic E-state index is 0.0380. The molecule has 0 fully saturated rings. The van der Waals surface area contributed by atoms with Gasteiger partial charge in [0.25, 0.3) is 0 Å². The van der Waals surface area contributed by atoms with E-state index in [0.717, 1.165) is 5.69 Å². The Morgan fingerprint density at radius 1 is 1.28 bits per heavy atom. The molecule has 2 atom stereocenters. The predicted octanol–water partition coefficient (Wildman–Crippen LogP) is 3.52. The minimum atomic E-state index is 0.0380. The Labute approximate surface area is 113 Å². The van der Waals surface area contributed by atoms with Gasteiger partial charge >= 0.3 is 0 Å². The van der Waals surface area contributed by atoms with Gasteiger partial charge < -0.3 is 10.3 Å². The molecule has 3 nitrogen and oxygen atoms in total. The van der Waals surface area contributed by atoms with E-state index >= 15 is 0 Å². The monoisotopic (exact) mass is 263 g/mol. The van der Waals surface area contributed by atoms with Gasteiger partial charge in [0.1, 0.15) is 0 Å². The average Bonchev–Trinajstić information content (AvgIpc) is 2.95. The molecule has 0 aliphatic heterocycles. The summed E-state index contributed by atoms with van der Waals surface area (Å²) in [4.78, 5) is 6.96. The average molecular weight is 263 g/mol. The highest BCUT2D eigenvalue weighted by molar-refractivity contribution is 7.12. The molecule has 2 aromatic heterocycles. The van der Waals surface area contributed by atoms with Crippen molar-refractivity contribution >= 4 is 11.3 Å². The van der Waals surface area contributed by atoms with Crippen LogP contribution in [0.4, 0.5) is 0 Å². The summed E-state index contributed by atoms with van der Waals surface area (Å²) in [6.07, 6.45) is 3.78. The molecular weight excluding hydrogens is 242 g/mol. The highest BCUT2D eigenvalue weighted by atomic mass is 32.1. The smallest absolute Gasteiger partial charge is 0.0954 e. The third-order valence-electron chi connectivity index (χ3n) is 3.35. The van der Waals surface area contributed by atoms with Gasteiger partial charge in [0, 0.05) is 22.0 Å². The molecule has 2 unspecified atom stereocenters. The highest BCUT2D eigenvalue weighted by Gasteiger charge is 2.19. The summed E-state index contributed by atoms with van der Waals surface area (Å²) in [5, 5.41) is 0. The Balaban J connectivity index is 2.31. The lowest BCUT2D eigenvalue weighted by Gasteiger charge is -2.21. The normalized spacial score (nSPS) is 15.0. The van der Waals surface area contributed by atoms with E-state index in [1.807, 2.05) is 23.9 Å². The molecule has 0 aromatic carbocycles. The van der Waals surface area contributed by atoms with E-state index in [4.69, 9.17) is 5.73 Å². The van der Waals surface area contributed by atoms with Crippen molar-refractivity contribution in [3.8, 4) is 0 Å². The van der Waals surface area contributed by atoms with E-state index < -0.39 is 0 Å². The number of aromatic nitrogens is 2. The van der Waals surface area contributed by atoms with E-state index in [2.05, 4.69) is 49.4 Å². The zero-order valence-corrected chi connectivity index (χ0v) is 12.2. The third kappa shape index (κ3) is 2.49. The predicted molar refractivity (Wildman–Crippen MR) is 76.9 cm³/mol. The largest absolute Gasteiger partial charge is 0.325 e. The van der Waals surface area contributed by atoms with Crippen LogP contribution in [-0.2, 0) is 0 Å². The second kappa shape index (κ2) is 5.24. The number of aryl methyl sites for hydroxylation is 1. The molecule has 0 amide bonds. The number of hydrogen-bond acceptors (Lipinski definition) is 3. The summed E-state index contributed by atoms with van der Waals surface area (Å²) in [5.41, 5.74) is 7.36. The van der Waals surface area contributed by atoms with Gasteiger partial charge in [-0.2, -0.15) is 0 Å². The number of rotatable bonds is 4. The van der Waals surface area contributed by atoms with Gasteiger partial charge in [0.2, 0.25) is 0 Å². The Hall–Kier alpha value is -1.13. The van der Waals surface area contributed by atoms with E-state index in [1.165, 1.54) is 9.75 Å². The summed E-state index contributed by atoms with van der Waals surface area (Å²) >= 11 is 1.83. The molecule has 0 radical (unpaired) electrons. The van der Waals surface area contributed by atoms with Crippen LogP contribution in [0.5, 0.6) is 0 Å². The third-order valence-corrected chi connectivity index (χ3v) is 4.52. The zero-order chi connectivity index (χ0) is 13.3. The first-order valence-electron chi connectivity index (χ1n) is 6.34. The van der Waals surface area contributed by atoms with Crippen molar-refractivity contribution in [2.45, 2.75) is 39.8 Å². The molecule has 0 saturated heterocycles. The van der Waals surface area contributed by atoms with Crippen LogP contribution < -0.4 is 5.73 Å². The number of hydrogen-bond donors (Lipinski definition) is 1. The first-order chi connectivity index (χ1) is 8.50. The quantitative estimate of drug-likeness (QED) is 0.917. The van der Waals surface area contributed by atoms with Crippen molar-refractivity contribution in [1.29, 1.82) is 0 Å². The molecule has 98 valence electrons. The van der Waals surface area contributed by atoms with E-state index in [0.29, 0.717) is 12.0 Å². The van der Waals surface area contributed by atoms with Crippen LogP contribution in [0, 0.1) is 12.8 Å². The molecule has 0 saturated carbocycles. The van der Waals surface area contributed by atoms with Crippen molar-refractivity contribution in [1.82, 2.24) is 9.55 Å². The van der Waals surface area contributed by atoms with Crippen molar-refractivity contribution < 1.29 is 0 Å². The molecule has 2 rings (SSSR count). The number of nitrogens with two attached hydrogens (primary N) is 1. The fourth-order valence-electron chi connectivity index (χ4n) is 2.05. The molecular formula is C14H21N3S. The van der Waals surface area contributed by atoms with Crippen LogP contribution in [-0.4, -0.2) is 9.55 Å². The zero-order valence-electron chi connectivity index (χ0n) is 11.4. The van der Waals surface area contributed by atoms with Crippen molar-refractivity contribution in [2.75, 3.05) is 0 Å². The molecule has 0 aliphatic carbocycles. The summed E-state index contributed by atoms with van der Waals surface area (Å²) in [6, 6.07) is 4.69. The van der Waals surface area contributed by atoms with E-state index in [-0.39, 0.29) is 6.04 Å². The summed E-state index contributed by atoms with van der Waals surface area (Å²) in [7, 11) is 0. The number of nitrogens with zero attached hydrogens (tertiary/aromatic N) is 2. The van der Waals surface area contributed by atoms with Crippen molar-refractivity contribution in [3.05, 3.63) is 40.1 Å².